The third-order valence-corrected chi connectivity index (χ3v) is 3.35. The van der Waals surface area contributed by atoms with E-state index in [0.717, 1.165) is 17.1 Å². The molecule has 0 unspecified atom stereocenters. The number of carbonyl (C=O) groups is 1. The lowest BCUT2D eigenvalue weighted by Gasteiger charge is -2.04. The summed E-state index contributed by atoms with van der Waals surface area (Å²) in [6.45, 7) is 0.259. The van der Waals surface area contributed by atoms with Crippen molar-refractivity contribution in [2.45, 2.75) is 6.42 Å². The molecule has 128 valence electrons. The second-order valence-corrected chi connectivity index (χ2v) is 5.10. The molecule has 7 nitrogen and oxygen atoms in total. The van der Waals surface area contributed by atoms with Crippen molar-refractivity contribution < 1.29 is 18.7 Å². The van der Waals surface area contributed by atoms with Crippen molar-refractivity contribution in [2.75, 3.05) is 19.0 Å². The first-order valence-corrected chi connectivity index (χ1v) is 7.70. The summed E-state index contributed by atoms with van der Waals surface area (Å²) in [6.07, 6.45) is 0.176. The number of amides is 1. The van der Waals surface area contributed by atoms with E-state index in [-0.39, 0.29) is 24.9 Å². The highest BCUT2D eigenvalue weighted by molar-refractivity contribution is 5.88. The first-order valence-electron chi connectivity index (χ1n) is 7.70. The van der Waals surface area contributed by atoms with Crippen LogP contribution in [0.2, 0.25) is 0 Å². The van der Waals surface area contributed by atoms with Gasteiger partial charge in [-0.05, 0) is 36.4 Å². The summed E-state index contributed by atoms with van der Waals surface area (Å²) < 4.78 is 16.0. The number of nitrogens with zero attached hydrogens (tertiary/aromatic N) is 2. The first-order chi connectivity index (χ1) is 12.2. The van der Waals surface area contributed by atoms with Gasteiger partial charge in [0.25, 0.3) is 0 Å². The van der Waals surface area contributed by atoms with Crippen molar-refractivity contribution in [3.05, 3.63) is 54.6 Å². The molecule has 1 aromatic heterocycles. The zero-order valence-electron chi connectivity index (χ0n) is 13.6. The van der Waals surface area contributed by atoms with Crippen LogP contribution in [0.1, 0.15) is 6.42 Å². The molecule has 1 N–H and O–H groups in total. The predicted octanol–water partition coefficient (Wildman–Crippen LogP) is 3.15. The van der Waals surface area contributed by atoms with E-state index >= 15 is 0 Å². The van der Waals surface area contributed by atoms with Gasteiger partial charge in [-0.15, -0.1) is 5.10 Å². The summed E-state index contributed by atoms with van der Waals surface area (Å²) in [5.41, 5.74) is 0.737. The van der Waals surface area contributed by atoms with Crippen molar-refractivity contribution in [3.63, 3.8) is 0 Å². The Morgan fingerprint density at radius 1 is 1.04 bits per heavy atom. The molecule has 0 aliphatic rings. The van der Waals surface area contributed by atoms with Crippen LogP contribution in [0.5, 0.6) is 11.5 Å². The fraction of sp³-hybridized carbons (Fsp3) is 0.167. The summed E-state index contributed by atoms with van der Waals surface area (Å²) in [4.78, 5) is 11.9. The van der Waals surface area contributed by atoms with E-state index in [1.165, 1.54) is 0 Å². The topological polar surface area (TPSA) is 86.5 Å². The van der Waals surface area contributed by atoms with E-state index in [9.17, 15) is 4.79 Å². The number of anilines is 1. The lowest BCUT2D eigenvalue weighted by Crippen LogP contribution is -2.15. The van der Waals surface area contributed by atoms with Crippen LogP contribution in [0.15, 0.2) is 59.0 Å². The van der Waals surface area contributed by atoms with Gasteiger partial charge >= 0.3 is 6.01 Å². The summed E-state index contributed by atoms with van der Waals surface area (Å²) in [6, 6.07) is 16.5. The van der Waals surface area contributed by atoms with Crippen LogP contribution in [0.3, 0.4) is 0 Å². The number of carbonyl (C=O) groups excluding carboxylic acids is 1. The van der Waals surface area contributed by atoms with E-state index in [1.807, 2.05) is 30.3 Å². The Balaban J connectivity index is 1.51. The van der Waals surface area contributed by atoms with E-state index in [2.05, 4.69) is 15.5 Å². The van der Waals surface area contributed by atoms with Crippen LogP contribution >= 0.6 is 0 Å². The summed E-state index contributed by atoms with van der Waals surface area (Å²) in [5, 5.41) is 10.3. The molecule has 0 aliphatic carbocycles. The summed E-state index contributed by atoms with van der Waals surface area (Å²) in [5.74, 6) is 1.50. The van der Waals surface area contributed by atoms with Gasteiger partial charge in [-0.3, -0.25) is 10.1 Å². The molecule has 3 aromatic rings. The van der Waals surface area contributed by atoms with Gasteiger partial charge in [0.2, 0.25) is 11.8 Å². The van der Waals surface area contributed by atoms with Gasteiger partial charge in [0, 0.05) is 5.56 Å². The number of ether oxygens (including phenoxy) is 2. The fourth-order valence-corrected chi connectivity index (χ4v) is 2.08. The highest BCUT2D eigenvalue weighted by Gasteiger charge is 2.11. The highest BCUT2D eigenvalue weighted by Crippen LogP contribution is 2.22. The monoisotopic (exact) mass is 339 g/mol. The van der Waals surface area contributed by atoms with Crippen LogP contribution in [-0.2, 0) is 4.79 Å². The second-order valence-electron chi connectivity index (χ2n) is 5.10. The Kier molecular flexibility index (Phi) is 5.26. The quantitative estimate of drug-likeness (QED) is 0.711. The molecule has 25 heavy (non-hydrogen) atoms. The van der Waals surface area contributed by atoms with Crippen molar-refractivity contribution >= 4 is 11.9 Å². The maximum atomic E-state index is 11.9. The standard InChI is InChI=1S/C18H17N3O4/c1-23-14-9-7-13(8-10-14)17-20-21-18(25-17)19-16(22)11-12-24-15-5-3-2-4-6-15/h2-10H,11-12H2,1H3,(H,19,21,22). The van der Waals surface area contributed by atoms with Crippen molar-refractivity contribution in [3.8, 4) is 23.0 Å². The van der Waals surface area contributed by atoms with Gasteiger partial charge < -0.3 is 13.9 Å². The minimum atomic E-state index is -0.263. The van der Waals surface area contributed by atoms with Gasteiger partial charge in [-0.1, -0.05) is 23.3 Å². The van der Waals surface area contributed by atoms with Crippen LogP contribution < -0.4 is 14.8 Å². The smallest absolute Gasteiger partial charge is 0.322 e. The number of hydrogen-bond donors (Lipinski definition) is 1. The molecule has 0 spiro atoms. The van der Waals surface area contributed by atoms with E-state index in [0.29, 0.717) is 5.89 Å². The van der Waals surface area contributed by atoms with E-state index < -0.39 is 0 Å². The Labute approximate surface area is 144 Å². The second kappa shape index (κ2) is 7.96. The number of benzene rings is 2. The largest absolute Gasteiger partial charge is 0.497 e. The van der Waals surface area contributed by atoms with Crippen molar-refractivity contribution in [1.82, 2.24) is 10.2 Å². The van der Waals surface area contributed by atoms with Gasteiger partial charge in [0.1, 0.15) is 11.5 Å². The molecule has 0 bridgehead atoms. The number of nitrogens with one attached hydrogen (secondary N) is 1. The number of aromatic nitrogens is 2. The highest BCUT2D eigenvalue weighted by atomic mass is 16.5. The molecule has 0 saturated carbocycles. The molecule has 0 atom stereocenters. The molecule has 7 heteroatoms. The number of rotatable bonds is 7. The molecular formula is C18H17N3O4. The Morgan fingerprint density at radius 2 is 1.80 bits per heavy atom. The van der Waals surface area contributed by atoms with Crippen LogP contribution in [0, 0.1) is 0 Å². The predicted molar refractivity (Wildman–Crippen MR) is 91.5 cm³/mol. The maximum absolute atomic E-state index is 11.9. The van der Waals surface area contributed by atoms with Crippen LogP contribution in [0.25, 0.3) is 11.5 Å². The van der Waals surface area contributed by atoms with Gasteiger partial charge in [0.05, 0.1) is 20.1 Å². The SMILES string of the molecule is COc1ccc(-c2nnc(NC(=O)CCOc3ccccc3)o2)cc1. The summed E-state index contributed by atoms with van der Waals surface area (Å²) in [7, 11) is 1.59. The van der Waals surface area contributed by atoms with Gasteiger partial charge in [0.15, 0.2) is 0 Å². The zero-order valence-corrected chi connectivity index (χ0v) is 13.6. The number of methoxy groups -OCH3 is 1. The Bertz CT molecular complexity index is 816. The van der Waals surface area contributed by atoms with Crippen LogP contribution in [0.4, 0.5) is 6.01 Å². The average Bonchev–Trinajstić information content (AvgIpc) is 3.11. The van der Waals surface area contributed by atoms with Crippen molar-refractivity contribution in [1.29, 1.82) is 0 Å². The molecule has 1 amide bonds. The number of para-hydroxylation sites is 1. The van der Waals surface area contributed by atoms with Gasteiger partial charge in [-0.2, -0.15) is 0 Å². The molecule has 0 fully saturated rings. The first kappa shape index (κ1) is 16.5. The molecule has 2 aromatic carbocycles. The molecule has 0 radical (unpaired) electrons. The number of hydrogen-bond acceptors (Lipinski definition) is 6. The summed E-state index contributed by atoms with van der Waals surface area (Å²) >= 11 is 0. The third kappa shape index (κ3) is 4.57. The Morgan fingerprint density at radius 3 is 2.52 bits per heavy atom. The minimum absolute atomic E-state index is 0.0514. The molecule has 0 aliphatic heterocycles. The van der Waals surface area contributed by atoms with E-state index in [4.69, 9.17) is 13.9 Å². The molecular weight excluding hydrogens is 322 g/mol. The molecule has 3 rings (SSSR count). The zero-order chi connectivity index (χ0) is 17.5. The molecule has 0 saturated heterocycles. The van der Waals surface area contributed by atoms with Crippen molar-refractivity contribution in [2.24, 2.45) is 0 Å². The maximum Gasteiger partial charge on any atom is 0.322 e. The molecule has 1 heterocycles. The van der Waals surface area contributed by atoms with E-state index in [1.54, 1.807) is 31.4 Å². The Hall–Kier alpha value is -3.35. The minimum Gasteiger partial charge on any atom is -0.497 e. The fourth-order valence-electron chi connectivity index (χ4n) is 2.08. The van der Waals surface area contributed by atoms with Gasteiger partial charge in [-0.25, -0.2) is 0 Å². The average molecular weight is 339 g/mol. The van der Waals surface area contributed by atoms with Crippen LogP contribution in [-0.4, -0.2) is 29.8 Å². The lowest BCUT2D eigenvalue weighted by atomic mass is 10.2. The normalized spacial score (nSPS) is 10.3. The third-order valence-electron chi connectivity index (χ3n) is 3.35. The lowest BCUT2D eigenvalue weighted by molar-refractivity contribution is -0.116.